The van der Waals surface area contributed by atoms with E-state index in [-0.39, 0.29) is 33.9 Å². The SMILES string of the molecule is [2H]C([2H])([2H])C1(C([2H])([2H])[2H])Cn2nc(-c3ccc(F)cn3)c(-c3cc(C(F)F)nc4[nH]ncc34)c2CO1. The van der Waals surface area contributed by atoms with E-state index in [0.717, 1.165) is 18.3 Å². The van der Waals surface area contributed by atoms with Crippen molar-refractivity contribution in [2.45, 2.75) is 38.9 Å². The summed E-state index contributed by atoms with van der Waals surface area (Å²) in [6, 6.07) is 3.58. The van der Waals surface area contributed by atoms with Gasteiger partial charge in [0, 0.05) is 24.7 Å². The van der Waals surface area contributed by atoms with Crippen molar-refractivity contribution in [2.24, 2.45) is 0 Å². The monoisotopic (exact) mass is 420 g/mol. The average Bonchev–Trinajstić information content (AvgIpc) is 3.41. The number of aromatic nitrogens is 6. The van der Waals surface area contributed by atoms with Gasteiger partial charge in [0.1, 0.15) is 17.2 Å². The highest BCUT2D eigenvalue weighted by molar-refractivity contribution is 5.97. The molecule has 4 aromatic rings. The molecule has 0 saturated heterocycles. The van der Waals surface area contributed by atoms with Crippen LogP contribution in [0.25, 0.3) is 33.5 Å². The van der Waals surface area contributed by atoms with E-state index in [9.17, 15) is 13.2 Å². The minimum Gasteiger partial charge on any atom is -0.367 e. The van der Waals surface area contributed by atoms with Gasteiger partial charge >= 0.3 is 0 Å². The van der Waals surface area contributed by atoms with Crippen LogP contribution in [0.5, 0.6) is 0 Å². The Kier molecular flexibility index (Phi) is 2.90. The molecule has 30 heavy (non-hydrogen) atoms. The van der Waals surface area contributed by atoms with Gasteiger partial charge < -0.3 is 4.74 Å². The molecule has 0 aromatic carbocycles. The lowest BCUT2D eigenvalue weighted by molar-refractivity contribution is -0.0657. The fraction of sp³-hybridized carbons (Fsp3) is 0.300. The number of pyridine rings is 2. The lowest BCUT2D eigenvalue weighted by Crippen LogP contribution is -2.36. The van der Waals surface area contributed by atoms with Gasteiger partial charge in [0.05, 0.1) is 42.5 Å². The number of H-pyrrole nitrogens is 1. The number of fused-ring (bicyclic) bond motifs is 2. The van der Waals surface area contributed by atoms with Gasteiger partial charge in [-0.2, -0.15) is 10.2 Å². The van der Waals surface area contributed by atoms with E-state index in [1.807, 2.05) is 0 Å². The summed E-state index contributed by atoms with van der Waals surface area (Å²) >= 11 is 0. The summed E-state index contributed by atoms with van der Waals surface area (Å²) in [5.74, 6) is -0.627. The van der Waals surface area contributed by atoms with Crippen molar-refractivity contribution in [1.82, 2.24) is 29.9 Å². The zero-order chi connectivity index (χ0) is 26.0. The fourth-order valence-corrected chi connectivity index (χ4v) is 3.47. The van der Waals surface area contributed by atoms with Gasteiger partial charge in [-0.3, -0.25) is 14.8 Å². The Labute approximate surface area is 177 Å². The number of aromatic amines is 1. The first-order valence-electron chi connectivity index (χ1n) is 11.8. The molecular weight excluding hydrogens is 397 g/mol. The molecule has 0 unspecified atom stereocenters. The van der Waals surface area contributed by atoms with E-state index in [2.05, 4.69) is 25.3 Å². The molecule has 0 aliphatic carbocycles. The first kappa shape index (κ1) is 13.1. The molecule has 1 aliphatic rings. The lowest BCUT2D eigenvalue weighted by Gasteiger charge is -2.31. The minimum atomic E-state index is -3.05. The van der Waals surface area contributed by atoms with Crippen molar-refractivity contribution in [3.05, 3.63) is 47.8 Å². The number of rotatable bonds is 3. The molecule has 0 fully saturated rings. The first-order chi connectivity index (χ1) is 16.8. The molecule has 4 aromatic heterocycles. The fourth-order valence-electron chi connectivity index (χ4n) is 3.47. The predicted molar refractivity (Wildman–Crippen MR) is 102 cm³/mol. The lowest BCUT2D eigenvalue weighted by atomic mass is 9.97. The second-order valence-electron chi connectivity index (χ2n) is 6.83. The van der Waals surface area contributed by atoms with Crippen molar-refractivity contribution in [2.75, 3.05) is 0 Å². The number of halogens is 3. The van der Waals surface area contributed by atoms with E-state index in [1.54, 1.807) is 0 Å². The van der Waals surface area contributed by atoms with E-state index >= 15 is 0 Å². The molecule has 7 nitrogen and oxygen atoms in total. The quantitative estimate of drug-likeness (QED) is 0.535. The van der Waals surface area contributed by atoms with Crippen LogP contribution in [-0.2, 0) is 17.9 Å². The summed E-state index contributed by atoms with van der Waals surface area (Å²) in [7, 11) is 0. The molecule has 0 saturated carbocycles. The highest BCUT2D eigenvalue weighted by Crippen LogP contribution is 2.41. The summed E-state index contributed by atoms with van der Waals surface area (Å²) in [4.78, 5) is 7.91. The van der Waals surface area contributed by atoms with Gasteiger partial charge in [0.15, 0.2) is 5.65 Å². The molecule has 5 rings (SSSR count). The summed E-state index contributed by atoms with van der Waals surface area (Å²) in [5, 5.41) is 11.2. The maximum Gasteiger partial charge on any atom is 0.280 e. The van der Waals surface area contributed by atoms with Crippen LogP contribution < -0.4 is 0 Å². The summed E-state index contributed by atoms with van der Waals surface area (Å²) in [5.41, 5.74) is -2.15. The molecule has 0 amide bonds. The Bertz CT molecular complexity index is 1430. The van der Waals surface area contributed by atoms with Gasteiger partial charge in [-0.1, -0.05) is 0 Å². The van der Waals surface area contributed by atoms with E-state index < -0.39 is 50.4 Å². The second-order valence-corrected chi connectivity index (χ2v) is 6.83. The van der Waals surface area contributed by atoms with Crippen LogP contribution in [0.4, 0.5) is 13.2 Å². The molecule has 0 radical (unpaired) electrons. The van der Waals surface area contributed by atoms with Gasteiger partial charge in [-0.15, -0.1) is 0 Å². The van der Waals surface area contributed by atoms with E-state index in [4.69, 9.17) is 13.0 Å². The third-order valence-corrected chi connectivity index (χ3v) is 4.79. The highest BCUT2D eigenvalue weighted by Gasteiger charge is 2.32. The highest BCUT2D eigenvalue weighted by atomic mass is 19.3. The van der Waals surface area contributed by atoms with Crippen LogP contribution in [0.15, 0.2) is 30.6 Å². The van der Waals surface area contributed by atoms with Gasteiger partial charge in [0.2, 0.25) is 0 Å². The number of hydrogen-bond donors (Lipinski definition) is 1. The predicted octanol–water partition coefficient (Wildman–Crippen LogP) is 4.27. The standard InChI is InChI=1S/C20H17F3N6O/c1-20(2)9-29-15(8-30-20)16(17(28-29)13-4-3-10(21)6-24-13)11-5-14(18(22)23)26-19-12(11)7-25-27-19/h3-7,18H,8-9H2,1-2H3,(H,25,26,27)/i1D3,2D3. The molecule has 154 valence electrons. The van der Waals surface area contributed by atoms with Gasteiger partial charge in [0.25, 0.3) is 6.43 Å². The van der Waals surface area contributed by atoms with Crippen molar-refractivity contribution in [3.8, 4) is 22.5 Å². The van der Waals surface area contributed by atoms with Gasteiger partial charge in [-0.05, 0) is 31.9 Å². The smallest absolute Gasteiger partial charge is 0.280 e. The van der Waals surface area contributed by atoms with Crippen LogP contribution in [0, 0.1) is 5.82 Å². The topological polar surface area (TPSA) is 81.5 Å². The Morgan fingerprint density at radius 1 is 1.30 bits per heavy atom. The molecule has 10 heteroatoms. The molecule has 0 atom stereocenters. The summed E-state index contributed by atoms with van der Waals surface area (Å²) < 4.78 is 95.0. The average molecular weight is 420 g/mol. The van der Waals surface area contributed by atoms with Crippen LogP contribution >= 0.6 is 0 Å². The summed E-state index contributed by atoms with van der Waals surface area (Å²) in [6.45, 7) is -7.28. The molecule has 1 N–H and O–H groups in total. The third-order valence-electron chi connectivity index (χ3n) is 4.79. The van der Waals surface area contributed by atoms with Crippen molar-refractivity contribution < 1.29 is 26.1 Å². The first-order valence-corrected chi connectivity index (χ1v) is 8.80. The number of nitrogens with one attached hydrogen (secondary N) is 1. The number of ether oxygens (including phenoxy) is 1. The maximum absolute atomic E-state index is 13.7. The Balaban J connectivity index is 1.80. The summed E-state index contributed by atoms with van der Waals surface area (Å²) in [6.07, 6.45) is -0.615. The number of hydrogen-bond acceptors (Lipinski definition) is 5. The molecular formula is C20H17F3N6O. The Hall–Kier alpha value is -3.27. The molecule has 0 spiro atoms. The Morgan fingerprint density at radius 3 is 2.90 bits per heavy atom. The largest absolute Gasteiger partial charge is 0.367 e. The number of nitrogens with zero attached hydrogens (tertiary/aromatic N) is 5. The molecule has 0 bridgehead atoms. The van der Waals surface area contributed by atoms with Crippen LogP contribution in [0.3, 0.4) is 0 Å². The normalized spacial score (nSPS) is 19.5. The van der Waals surface area contributed by atoms with Crippen molar-refractivity contribution in [3.63, 3.8) is 0 Å². The Morgan fingerprint density at radius 2 is 2.17 bits per heavy atom. The minimum absolute atomic E-state index is 0.0665. The number of alkyl halides is 2. The van der Waals surface area contributed by atoms with E-state index in [0.29, 0.717) is 5.39 Å². The third kappa shape index (κ3) is 3.04. The van der Waals surface area contributed by atoms with Crippen LogP contribution in [0.2, 0.25) is 0 Å². The van der Waals surface area contributed by atoms with Gasteiger partial charge in [-0.25, -0.2) is 18.2 Å². The van der Waals surface area contributed by atoms with Crippen LogP contribution in [-0.4, -0.2) is 35.5 Å². The molecule has 5 heterocycles. The zero-order valence-electron chi connectivity index (χ0n) is 21.2. The zero-order valence-corrected chi connectivity index (χ0v) is 15.2. The maximum atomic E-state index is 13.7. The van der Waals surface area contributed by atoms with Crippen molar-refractivity contribution >= 4 is 11.0 Å². The van der Waals surface area contributed by atoms with Crippen LogP contribution in [0.1, 0.15) is 39.7 Å². The van der Waals surface area contributed by atoms with E-state index in [1.165, 1.54) is 16.9 Å². The molecule has 1 aliphatic heterocycles. The second kappa shape index (κ2) is 6.63. The van der Waals surface area contributed by atoms with Crippen molar-refractivity contribution in [1.29, 1.82) is 0 Å².